The molecule has 0 unspecified atom stereocenters. The Hall–Kier alpha value is -2.04. The quantitative estimate of drug-likeness (QED) is 0.318. The molecule has 1 saturated heterocycles. The van der Waals surface area contributed by atoms with Crippen molar-refractivity contribution < 1.29 is 23.8 Å². The molecule has 94 valence electrons. The lowest BCUT2D eigenvalue weighted by molar-refractivity contribution is -0.152. The van der Waals surface area contributed by atoms with Gasteiger partial charge < -0.3 is 14.2 Å². The Morgan fingerprint density at radius 3 is 2.89 bits per heavy atom. The van der Waals surface area contributed by atoms with E-state index in [2.05, 4.69) is 0 Å². The van der Waals surface area contributed by atoms with Crippen LogP contribution in [0.2, 0.25) is 0 Å². The summed E-state index contributed by atoms with van der Waals surface area (Å²) in [6.07, 6.45) is 6.64. The van der Waals surface area contributed by atoms with Crippen molar-refractivity contribution in [1.29, 1.82) is 0 Å². The van der Waals surface area contributed by atoms with Gasteiger partial charge in [-0.3, -0.25) is 0 Å². The summed E-state index contributed by atoms with van der Waals surface area (Å²) in [5.74, 6) is -0.730. The predicted molar refractivity (Wildman–Crippen MR) is 59.9 cm³/mol. The summed E-state index contributed by atoms with van der Waals surface area (Å²) in [7, 11) is 0. The molecule has 1 fully saturated rings. The van der Waals surface area contributed by atoms with Crippen LogP contribution in [0, 0.1) is 5.92 Å². The summed E-state index contributed by atoms with van der Waals surface area (Å²) in [4.78, 5) is 22.7. The summed E-state index contributed by atoms with van der Waals surface area (Å²) in [5, 5.41) is 0. The van der Waals surface area contributed by atoms with Gasteiger partial charge >= 0.3 is 11.9 Å². The van der Waals surface area contributed by atoms with Gasteiger partial charge in [-0.05, 0) is 19.4 Å². The van der Waals surface area contributed by atoms with E-state index >= 15 is 0 Å². The van der Waals surface area contributed by atoms with E-state index in [9.17, 15) is 9.59 Å². The molecule has 5 heteroatoms. The zero-order valence-electron chi connectivity index (χ0n) is 9.79. The zero-order valence-corrected chi connectivity index (χ0v) is 9.79. The molecule has 2 heterocycles. The van der Waals surface area contributed by atoms with Gasteiger partial charge in [0.15, 0.2) is 0 Å². The van der Waals surface area contributed by atoms with Crippen molar-refractivity contribution in [2.24, 2.45) is 5.92 Å². The Balaban J connectivity index is 1.70. The van der Waals surface area contributed by atoms with E-state index in [1.54, 1.807) is 13.0 Å². The highest BCUT2D eigenvalue weighted by molar-refractivity contribution is 5.92. The van der Waals surface area contributed by atoms with Gasteiger partial charge in [-0.2, -0.15) is 0 Å². The molecule has 3 rings (SSSR count). The van der Waals surface area contributed by atoms with Crippen LogP contribution in [0.1, 0.15) is 13.3 Å². The van der Waals surface area contributed by atoms with Gasteiger partial charge in [-0.25, -0.2) is 9.59 Å². The average Bonchev–Trinajstić information content (AvgIpc) is 2.94. The topological polar surface area (TPSA) is 61.8 Å². The van der Waals surface area contributed by atoms with Gasteiger partial charge in [0.2, 0.25) is 0 Å². The molecule has 0 spiro atoms. The van der Waals surface area contributed by atoms with E-state index in [4.69, 9.17) is 14.2 Å². The second-order valence-corrected chi connectivity index (χ2v) is 4.47. The largest absolute Gasteiger partial charge is 0.458 e. The SMILES string of the molecule is CC1=C[C@H](O/C=C2\C(=O)O[C@@H]3C=CC[C@H]23)OC1=O. The van der Waals surface area contributed by atoms with E-state index < -0.39 is 12.3 Å². The average molecular weight is 248 g/mol. The summed E-state index contributed by atoms with van der Waals surface area (Å²) >= 11 is 0. The van der Waals surface area contributed by atoms with Gasteiger partial charge in [0.05, 0.1) is 11.8 Å². The van der Waals surface area contributed by atoms with E-state index in [0.29, 0.717) is 11.1 Å². The Labute approximate surface area is 104 Å². The molecule has 3 atom stereocenters. The number of fused-ring (bicyclic) bond motifs is 1. The highest BCUT2D eigenvalue weighted by atomic mass is 16.7. The number of carbonyl (C=O) groups is 2. The molecular formula is C13H12O5. The molecule has 0 aromatic rings. The number of hydrogen-bond acceptors (Lipinski definition) is 5. The number of cyclic esters (lactones) is 1. The highest BCUT2D eigenvalue weighted by Gasteiger charge is 2.40. The minimum Gasteiger partial charge on any atom is -0.458 e. The molecule has 0 radical (unpaired) electrons. The monoisotopic (exact) mass is 248 g/mol. The van der Waals surface area contributed by atoms with Gasteiger partial charge in [0.1, 0.15) is 6.10 Å². The third kappa shape index (κ3) is 1.72. The molecule has 18 heavy (non-hydrogen) atoms. The molecule has 0 bridgehead atoms. The number of hydrogen-bond donors (Lipinski definition) is 0. The standard InChI is InChI=1S/C13H12O5/c1-7-5-11(18-12(7)14)16-6-9-8-3-2-4-10(8)17-13(9)15/h2,4-6,8,10-11H,3H2,1H3/b9-6-/t8-,10-,11-/m1/s1. The van der Waals surface area contributed by atoms with Crippen LogP contribution in [-0.2, 0) is 23.8 Å². The van der Waals surface area contributed by atoms with Crippen molar-refractivity contribution in [3.63, 3.8) is 0 Å². The first-order valence-corrected chi connectivity index (χ1v) is 5.78. The molecule has 0 amide bonds. The van der Waals surface area contributed by atoms with Crippen LogP contribution in [-0.4, -0.2) is 24.3 Å². The van der Waals surface area contributed by atoms with Crippen LogP contribution in [0.3, 0.4) is 0 Å². The lowest BCUT2D eigenvalue weighted by atomic mass is 9.99. The fourth-order valence-corrected chi connectivity index (χ4v) is 2.24. The number of ether oxygens (including phenoxy) is 3. The fraction of sp³-hybridized carbons (Fsp3) is 0.385. The maximum absolute atomic E-state index is 11.6. The first kappa shape index (κ1) is 11.1. The Morgan fingerprint density at radius 2 is 2.17 bits per heavy atom. The van der Waals surface area contributed by atoms with Crippen LogP contribution < -0.4 is 0 Å². The smallest absolute Gasteiger partial charge is 0.338 e. The molecule has 0 aromatic heterocycles. The number of carbonyl (C=O) groups excluding carboxylic acids is 2. The van der Waals surface area contributed by atoms with Crippen molar-refractivity contribution in [2.75, 3.05) is 0 Å². The van der Waals surface area contributed by atoms with Gasteiger partial charge in [0.25, 0.3) is 6.29 Å². The normalized spacial score (nSPS) is 35.5. The van der Waals surface area contributed by atoms with Gasteiger partial charge in [-0.1, -0.05) is 6.08 Å². The van der Waals surface area contributed by atoms with Gasteiger partial charge in [0, 0.05) is 17.6 Å². The minimum atomic E-state index is -0.744. The van der Waals surface area contributed by atoms with Crippen LogP contribution in [0.15, 0.2) is 35.6 Å². The number of rotatable bonds is 2. The summed E-state index contributed by atoms with van der Waals surface area (Å²) < 4.78 is 15.4. The predicted octanol–water partition coefficient (Wildman–Crippen LogP) is 1.22. The minimum absolute atomic E-state index is 0.0275. The highest BCUT2D eigenvalue weighted by Crippen LogP contribution is 2.36. The number of allylic oxidation sites excluding steroid dienone is 1. The van der Waals surface area contributed by atoms with Crippen molar-refractivity contribution in [3.8, 4) is 0 Å². The molecule has 2 aliphatic heterocycles. The molecule has 1 aliphatic carbocycles. The molecule has 3 aliphatic rings. The van der Waals surface area contributed by atoms with Crippen LogP contribution in [0.4, 0.5) is 0 Å². The second kappa shape index (κ2) is 4.01. The first-order valence-electron chi connectivity index (χ1n) is 5.78. The van der Waals surface area contributed by atoms with Gasteiger partial charge in [-0.15, -0.1) is 0 Å². The van der Waals surface area contributed by atoms with E-state index in [1.165, 1.54) is 6.26 Å². The van der Waals surface area contributed by atoms with Crippen molar-refractivity contribution in [3.05, 3.63) is 35.6 Å². The van der Waals surface area contributed by atoms with Crippen LogP contribution in [0.25, 0.3) is 0 Å². The van der Waals surface area contributed by atoms with Crippen molar-refractivity contribution >= 4 is 11.9 Å². The Bertz CT molecular complexity index is 500. The summed E-state index contributed by atoms with van der Waals surface area (Å²) in [6, 6.07) is 0. The lowest BCUT2D eigenvalue weighted by Gasteiger charge is -2.09. The first-order chi connectivity index (χ1) is 8.65. The third-order valence-electron chi connectivity index (χ3n) is 3.25. The summed E-state index contributed by atoms with van der Waals surface area (Å²) in [5.41, 5.74) is 1.01. The van der Waals surface area contributed by atoms with Crippen LogP contribution >= 0.6 is 0 Å². The maximum Gasteiger partial charge on any atom is 0.338 e. The van der Waals surface area contributed by atoms with Crippen molar-refractivity contribution in [1.82, 2.24) is 0 Å². The van der Waals surface area contributed by atoms with Crippen LogP contribution in [0.5, 0.6) is 0 Å². The number of esters is 2. The molecule has 0 N–H and O–H groups in total. The third-order valence-corrected chi connectivity index (χ3v) is 3.25. The Morgan fingerprint density at radius 1 is 1.33 bits per heavy atom. The zero-order chi connectivity index (χ0) is 12.7. The molecular weight excluding hydrogens is 236 g/mol. The van der Waals surface area contributed by atoms with E-state index in [0.717, 1.165) is 6.42 Å². The second-order valence-electron chi connectivity index (χ2n) is 4.47. The maximum atomic E-state index is 11.6. The molecule has 0 aromatic carbocycles. The Kier molecular flexibility index (Phi) is 2.47. The van der Waals surface area contributed by atoms with E-state index in [1.807, 2.05) is 12.2 Å². The fourth-order valence-electron chi connectivity index (χ4n) is 2.24. The summed E-state index contributed by atoms with van der Waals surface area (Å²) in [6.45, 7) is 1.65. The molecule has 0 saturated carbocycles. The molecule has 5 nitrogen and oxygen atoms in total. The lowest BCUT2D eigenvalue weighted by Crippen LogP contribution is -2.12. The van der Waals surface area contributed by atoms with E-state index in [-0.39, 0.29) is 18.0 Å². The van der Waals surface area contributed by atoms with Crippen molar-refractivity contribution in [2.45, 2.75) is 25.7 Å².